The Hall–Kier alpha value is -1.60. The molecule has 0 N–H and O–H groups in total. The van der Waals surface area contributed by atoms with E-state index in [1.165, 1.54) is 11.4 Å². The number of hydrogen-bond donors (Lipinski definition) is 0. The van der Waals surface area contributed by atoms with Crippen LogP contribution in [0.2, 0.25) is 0 Å². The summed E-state index contributed by atoms with van der Waals surface area (Å²) in [4.78, 5) is 14.3. The lowest BCUT2D eigenvalue weighted by atomic mass is 10.1. The van der Waals surface area contributed by atoms with E-state index in [0.29, 0.717) is 43.9 Å². The van der Waals surface area contributed by atoms with E-state index in [1.807, 2.05) is 17.9 Å². The zero-order valence-electron chi connectivity index (χ0n) is 15.1. The molecule has 1 aliphatic heterocycles. The van der Waals surface area contributed by atoms with Crippen molar-refractivity contribution in [2.75, 3.05) is 33.3 Å². The smallest absolute Gasteiger partial charge is 0.247 e. The molecule has 1 saturated carbocycles. The quantitative estimate of drug-likeness (QED) is 0.817. The van der Waals surface area contributed by atoms with Gasteiger partial charge in [0.2, 0.25) is 15.9 Å². The molecule has 0 atom stereocenters. The van der Waals surface area contributed by atoms with Crippen LogP contribution in [0, 0.1) is 19.8 Å². The first-order valence-corrected chi connectivity index (χ1v) is 10.2. The summed E-state index contributed by atoms with van der Waals surface area (Å²) in [6, 6.07) is 3.61. The topological polar surface area (TPSA) is 66.9 Å². The van der Waals surface area contributed by atoms with Crippen molar-refractivity contribution in [3.63, 3.8) is 0 Å². The third kappa shape index (κ3) is 3.67. The second-order valence-corrected chi connectivity index (χ2v) is 8.85. The normalized spacial score (nSPS) is 19.6. The Kier molecular flexibility index (Phi) is 5.06. The first-order chi connectivity index (χ1) is 11.8. The van der Waals surface area contributed by atoms with E-state index in [4.69, 9.17) is 4.74 Å². The highest BCUT2D eigenvalue weighted by Gasteiger charge is 2.36. The van der Waals surface area contributed by atoms with Crippen molar-refractivity contribution in [2.24, 2.45) is 5.92 Å². The fraction of sp³-hybridized carbons (Fsp3) is 0.611. The molecular weight excluding hydrogens is 340 g/mol. The SMILES string of the molecule is COc1cc(C)cc(C)c1S(=O)(=O)N1CCCN(C(=O)C2CC2)CC1. The molecule has 1 aromatic rings. The van der Waals surface area contributed by atoms with Crippen molar-refractivity contribution in [1.82, 2.24) is 9.21 Å². The average Bonchev–Trinajstić information content (AvgIpc) is 3.39. The summed E-state index contributed by atoms with van der Waals surface area (Å²) in [5.74, 6) is 0.735. The van der Waals surface area contributed by atoms with E-state index in [2.05, 4.69) is 0 Å². The van der Waals surface area contributed by atoms with Gasteiger partial charge in [0.05, 0.1) is 7.11 Å². The monoisotopic (exact) mass is 366 g/mol. The third-order valence-corrected chi connectivity index (χ3v) is 6.98. The molecule has 0 unspecified atom stereocenters. The van der Waals surface area contributed by atoms with Gasteiger partial charge in [0.1, 0.15) is 10.6 Å². The highest BCUT2D eigenvalue weighted by atomic mass is 32.2. The summed E-state index contributed by atoms with van der Waals surface area (Å²) < 4.78 is 33.3. The van der Waals surface area contributed by atoms with Gasteiger partial charge >= 0.3 is 0 Å². The number of rotatable bonds is 4. The lowest BCUT2D eigenvalue weighted by Crippen LogP contribution is -2.38. The minimum absolute atomic E-state index is 0.169. The van der Waals surface area contributed by atoms with E-state index in [0.717, 1.165) is 18.4 Å². The number of sulfonamides is 1. The van der Waals surface area contributed by atoms with Crippen molar-refractivity contribution in [3.05, 3.63) is 23.3 Å². The molecule has 0 aromatic heterocycles. The molecule has 0 radical (unpaired) electrons. The molecule has 138 valence electrons. The van der Waals surface area contributed by atoms with Gasteiger partial charge in [-0.05, 0) is 50.3 Å². The number of nitrogens with zero attached hydrogens (tertiary/aromatic N) is 2. The van der Waals surface area contributed by atoms with Gasteiger partial charge in [-0.25, -0.2) is 8.42 Å². The van der Waals surface area contributed by atoms with Crippen molar-refractivity contribution in [3.8, 4) is 5.75 Å². The van der Waals surface area contributed by atoms with Crippen LogP contribution in [0.4, 0.5) is 0 Å². The Bertz CT molecular complexity index is 772. The number of methoxy groups -OCH3 is 1. The van der Waals surface area contributed by atoms with Gasteiger partial charge < -0.3 is 9.64 Å². The van der Waals surface area contributed by atoms with Gasteiger partial charge in [0.15, 0.2) is 0 Å². The first-order valence-electron chi connectivity index (χ1n) is 8.78. The van der Waals surface area contributed by atoms with Crippen molar-refractivity contribution in [2.45, 2.75) is 38.0 Å². The molecule has 3 rings (SSSR count). The maximum Gasteiger partial charge on any atom is 0.247 e. The van der Waals surface area contributed by atoms with E-state index >= 15 is 0 Å². The highest BCUT2D eigenvalue weighted by Crippen LogP contribution is 2.33. The van der Waals surface area contributed by atoms with Crippen molar-refractivity contribution < 1.29 is 17.9 Å². The first kappa shape index (κ1) is 18.2. The molecule has 1 heterocycles. The summed E-state index contributed by atoms with van der Waals surface area (Å²) >= 11 is 0. The second kappa shape index (κ2) is 6.96. The Labute approximate surface area is 149 Å². The lowest BCUT2D eigenvalue weighted by Gasteiger charge is -2.23. The van der Waals surface area contributed by atoms with Gasteiger partial charge in [-0.3, -0.25) is 4.79 Å². The predicted molar refractivity (Wildman–Crippen MR) is 95.1 cm³/mol. The number of carbonyl (C=O) groups excluding carboxylic acids is 1. The number of carbonyl (C=O) groups is 1. The van der Waals surface area contributed by atoms with Gasteiger partial charge in [-0.15, -0.1) is 0 Å². The summed E-state index contributed by atoms with van der Waals surface area (Å²) in [7, 11) is -2.17. The number of amides is 1. The Morgan fingerprint density at radius 3 is 2.48 bits per heavy atom. The van der Waals surface area contributed by atoms with Crippen LogP contribution in [0.15, 0.2) is 17.0 Å². The van der Waals surface area contributed by atoms with Crippen LogP contribution in [0.3, 0.4) is 0 Å². The molecular formula is C18H26N2O4S. The third-order valence-electron chi connectivity index (χ3n) is 4.90. The van der Waals surface area contributed by atoms with Crippen LogP contribution in [0.1, 0.15) is 30.4 Å². The van der Waals surface area contributed by atoms with E-state index in [-0.39, 0.29) is 16.7 Å². The fourth-order valence-corrected chi connectivity index (χ4v) is 5.28. The Morgan fingerprint density at radius 2 is 1.84 bits per heavy atom. The lowest BCUT2D eigenvalue weighted by molar-refractivity contribution is -0.132. The number of aryl methyl sites for hydroxylation is 2. The van der Waals surface area contributed by atoms with Gasteiger partial charge in [-0.1, -0.05) is 6.07 Å². The molecule has 2 aliphatic rings. The molecule has 1 amide bonds. The Balaban J connectivity index is 1.84. The molecule has 2 fully saturated rings. The molecule has 1 saturated heterocycles. The minimum atomic E-state index is -3.66. The fourth-order valence-electron chi connectivity index (χ4n) is 3.47. The van der Waals surface area contributed by atoms with Gasteiger partial charge in [-0.2, -0.15) is 4.31 Å². The Morgan fingerprint density at radius 1 is 1.12 bits per heavy atom. The predicted octanol–water partition coefficient (Wildman–Crippen LogP) is 1.95. The van der Waals surface area contributed by atoms with Crippen molar-refractivity contribution >= 4 is 15.9 Å². The zero-order valence-corrected chi connectivity index (χ0v) is 15.9. The van der Waals surface area contributed by atoms with Crippen LogP contribution in [-0.2, 0) is 14.8 Å². The average molecular weight is 366 g/mol. The maximum absolute atomic E-state index is 13.2. The van der Waals surface area contributed by atoms with E-state index in [9.17, 15) is 13.2 Å². The van der Waals surface area contributed by atoms with Gasteiger partial charge in [0.25, 0.3) is 0 Å². The van der Waals surface area contributed by atoms with Crippen LogP contribution in [-0.4, -0.2) is 56.8 Å². The number of hydrogen-bond acceptors (Lipinski definition) is 4. The standard InChI is InChI=1S/C18H26N2O4S/c1-13-11-14(2)17(16(12-13)24-3)25(22,23)20-8-4-7-19(9-10-20)18(21)15-5-6-15/h11-12,15H,4-10H2,1-3H3. The largest absolute Gasteiger partial charge is 0.495 e. The summed E-state index contributed by atoms with van der Waals surface area (Å²) in [5.41, 5.74) is 1.65. The summed E-state index contributed by atoms with van der Waals surface area (Å²) in [6.45, 7) is 5.56. The molecule has 0 spiro atoms. The van der Waals surface area contributed by atoms with Crippen LogP contribution < -0.4 is 4.74 Å². The molecule has 1 aliphatic carbocycles. The van der Waals surface area contributed by atoms with Crippen LogP contribution in [0.5, 0.6) is 5.75 Å². The summed E-state index contributed by atoms with van der Waals surface area (Å²) in [6.07, 6.45) is 2.60. The molecule has 25 heavy (non-hydrogen) atoms. The molecule has 7 heteroatoms. The van der Waals surface area contributed by atoms with E-state index < -0.39 is 10.0 Å². The van der Waals surface area contributed by atoms with Crippen molar-refractivity contribution in [1.29, 1.82) is 0 Å². The summed E-state index contributed by atoms with van der Waals surface area (Å²) in [5, 5.41) is 0. The number of benzene rings is 1. The van der Waals surface area contributed by atoms with E-state index in [1.54, 1.807) is 13.0 Å². The van der Waals surface area contributed by atoms with Gasteiger partial charge in [0, 0.05) is 32.1 Å². The van der Waals surface area contributed by atoms with Crippen LogP contribution in [0.25, 0.3) is 0 Å². The molecule has 6 nitrogen and oxygen atoms in total. The van der Waals surface area contributed by atoms with Crippen LogP contribution >= 0.6 is 0 Å². The zero-order chi connectivity index (χ0) is 18.2. The second-order valence-electron chi connectivity index (χ2n) is 6.97. The highest BCUT2D eigenvalue weighted by molar-refractivity contribution is 7.89. The minimum Gasteiger partial charge on any atom is -0.495 e. The maximum atomic E-state index is 13.2. The molecule has 1 aromatic carbocycles. The number of ether oxygens (including phenoxy) is 1. The molecule has 0 bridgehead atoms.